The van der Waals surface area contributed by atoms with Crippen LogP contribution < -0.4 is 10.2 Å². The Kier molecular flexibility index (Phi) is 6.08. The Balaban J connectivity index is 1.33. The molecule has 0 saturated carbocycles. The number of thiazole rings is 1. The first-order valence-electron chi connectivity index (χ1n) is 10.3. The molecule has 2 aromatic heterocycles. The zero-order valence-corrected chi connectivity index (χ0v) is 17.6. The number of hydrogen-bond acceptors (Lipinski definition) is 6. The molecule has 1 unspecified atom stereocenters. The van der Waals surface area contributed by atoms with Crippen molar-refractivity contribution >= 4 is 28.3 Å². The molecular weight excluding hydrogens is 386 g/mol. The van der Waals surface area contributed by atoms with Crippen LogP contribution >= 0.6 is 11.3 Å². The SMILES string of the molecule is CCC(=O)N1CCN(c2nc3c(s2)CC(C(=O)NCc2ccccn2)CC3)CC1. The number of amides is 2. The third-order valence-electron chi connectivity index (χ3n) is 5.67. The number of rotatable bonds is 5. The zero-order chi connectivity index (χ0) is 20.2. The van der Waals surface area contributed by atoms with Crippen molar-refractivity contribution in [2.75, 3.05) is 31.1 Å². The van der Waals surface area contributed by atoms with E-state index in [0.717, 1.165) is 62.0 Å². The average molecular weight is 414 g/mol. The van der Waals surface area contributed by atoms with Crippen molar-refractivity contribution in [2.45, 2.75) is 39.2 Å². The zero-order valence-electron chi connectivity index (χ0n) is 16.8. The van der Waals surface area contributed by atoms with Gasteiger partial charge in [-0.25, -0.2) is 4.98 Å². The fraction of sp³-hybridized carbons (Fsp3) is 0.524. The number of aryl methyl sites for hydroxylation is 1. The van der Waals surface area contributed by atoms with E-state index in [1.807, 2.05) is 30.0 Å². The van der Waals surface area contributed by atoms with Crippen LogP contribution in [0.4, 0.5) is 5.13 Å². The van der Waals surface area contributed by atoms with Gasteiger partial charge in [-0.2, -0.15) is 0 Å². The predicted molar refractivity (Wildman–Crippen MR) is 113 cm³/mol. The summed E-state index contributed by atoms with van der Waals surface area (Å²) < 4.78 is 0. The van der Waals surface area contributed by atoms with Gasteiger partial charge in [-0.3, -0.25) is 14.6 Å². The van der Waals surface area contributed by atoms with Crippen LogP contribution in [0.3, 0.4) is 0 Å². The van der Waals surface area contributed by atoms with Gasteiger partial charge in [0.05, 0.1) is 17.9 Å². The number of nitrogens with zero attached hydrogens (tertiary/aromatic N) is 4. The quantitative estimate of drug-likeness (QED) is 0.811. The van der Waals surface area contributed by atoms with Crippen LogP contribution in [0.15, 0.2) is 24.4 Å². The Morgan fingerprint density at radius 2 is 2.07 bits per heavy atom. The van der Waals surface area contributed by atoms with Gasteiger partial charge in [-0.05, 0) is 31.4 Å². The summed E-state index contributed by atoms with van der Waals surface area (Å²) in [5, 5.41) is 4.06. The molecule has 154 valence electrons. The van der Waals surface area contributed by atoms with Gasteiger partial charge in [-0.1, -0.05) is 13.0 Å². The fourth-order valence-corrected chi connectivity index (χ4v) is 5.15. The molecule has 1 saturated heterocycles. The molecule has 0 radical (unpaired) electrons. The van der Waals surface area contributed by atoms with Crippen LogP contribution in [-0.2, 0) is 29.0 Å². The van der Waals surface area contributed by atoms with Crippen molar-refractivity contribution in [3.63, 3.8) is 0 Å². The Morgan fingerprint density at radius 3 is 2.79 bits per heavy atom. The monoisotopic (exact) mass is 413 g/mol. The van der Waals surface area contributed by atoms with Crippen LogP contribution in [0.2, 0.25) is 0 Å². The lowest BCUT2D eigenvalue weighted by atomic mass is 9.90. The molecule has 2 aliphatic rings. The number of carbonyl (C=O) groups is 2. The summed E-state index contributed by atoms with van der Waals surface area (Å²) >= 11 is 1.71. The molecular formula is C21H27N5O2S. The Labute approximate surface area is 175 Å². The van der Waals surface area contributed by atoms with Gasteiger partial charge < -0.3 is 15.1 Å². The standard InChI is InChI=1S/C21H27N5O2S/c1-2-19(27)25-9-11-26(12-10-25)21-24-17-7-6-15(13-18(17)29-21)20(28)23-14-16-5-3-4-8-22-16/h3-5,8,15H,2,6-7,9-14H2,1H3,(H,23,28). The van der Waals surface area contributed by atoms with E-state index in [0.29, 0.717) is 13.0 Å². The highest BCUT2D eigenvalue weighted by atomic mass is 32.1. The number of anilines is 1. The van der Waals surface area contributed by atoms with Crippen molar-refractivity contribution in [2.24, 2.45) is 5.92 Å². The molecule has 7 nitrogen and oxygen atoms in total. The summed E-state index contributed by atoms with van der Waals surface area (Å²) in [7, 11) is 0. The highest BCUT2D eigenvalue weighted by Crippen LogP contribution is 2.34. The van der Waals surface area contributed by atoms with E-state index in [2.05, 4.69) is 15.2 Å². The van der Waals surface area contributed by atoms with Crippen LogP contribution in [0, 0.1) is 5.92 Å². The van der Waals surface area contributed by atoms with Crippen molar-refractivity contribution < 1.29 is 9.59 Å². The topological polar surface area (TPSA) is 78.4 Å². The minimum absolute atomic E-state index is 0.00136. The number of hydrogen-bond donors (Lipinski definition) is 1. The van der Waals surface area contributed by atoms with Gasteiger partial charge >= 0.3 is 0 Å². The lowest BCUT2D eigenvalue weighted by Crippen LogP contribution is -2.48. The van der Waals surface area contributed by atoms with Crippen LogP contribution in [0.5, 0.6) is 0 Å². The number of carbonyl (C=O) groups excluding carboxylic acids is 2. The fourth-order valence-electron chi connectivity index (χ4n) is 3.92. The van der Waals surface area contributed by atoms with E-state index in [1.54, 1.807) is 17.5 Å². The molecule has 1 aliphatic carbocycles. The molecule has 1 aliphatic heterocycles. The summed E-state index contributed by atoms with van der Waals surface area (Å²) in [6, 6.07) is 5.72. The summed E-state index contributed by atoms with van der Waals surface area (Å²) in [6.45, 7) is 5.55. The van der Waals surface area contributed by atoms with Crippen molar-refractivity contribution in [3.8, 4) is 0 Å². The van der Waals surface area contributed by atoms with Gasteiger partial charge in [0.2, 0.25) is 11.8 Å². The number of fused-ring (bicyclic) bond motifs is 1. The van der Waals surface area contributed by atoms with Crippen LogP contribution in [0.1, 0.15) is 36.0 Å². The highest BCUT2D eigenvalue weighted by Gasteiger charge is 2.29. The summed E-state index contributed by atoms with van der Waals surface area (Å²) in [5.74, 6) is 0.323. The van der Waals surface area contributed by atoms with Crippen molar-refractivity contribution in [1.82, 2.24) is 20.2 Å². The Morgan fingerprint density at radius 1 is 1.24 bits per heavy atom. The largest absolute Gasteiger partial charge is 0.350 e. The first-order chi connectivity index (χ1) is 14.1. The van der Waals surface area contributed by atoms with E-state index in [-0.39, 0.29) is 17.7 Å². The minimum atomic E-state index is -0.00136. The van der Waals surface area contributed by atoms with Gasteiger partial charge in [0, 0.05) is 49.6 Å². The van der Waals surface area contributed by atoms with Gasteiger partial charge in [0.1, 0.15) is 0 Å². The number of piperazine rings is 1. The lowest BCUT2D eigenvalue weighted by molar-refractivity contribution is -0.131. The molecule has 29 heavy (non-hydrogen) atoms. The van der Waals surface area contributed by atoms with E-state index < -0.39 is 0 Å². The average Bonchev–Trinajstić information content (AvgIpc) is 3.21. The molecule has 8 heteroatoms. The maximum atomic E-state index is 12.6. The third kappa shape index (κ3) is 4.58. The third-order valence-corrected chi connectivity index (χ3v) is 6.86. The first kappa shape index (κ1) is 19.8. The number of aromatic nitrogens is 2. The molecule has 1 fully saturated rings. The smallest absolute Gasteiger partial charge is 0.223 e. The second kappa shape index (κ2) is 8.90. The van der Waals surface area contributed by atoms with E-state index >= 15 is 0 Å². The van der Waals surface area contributed by atoms with Crippen molar-refractivity contribution in [3.05, 3.63) is 40.7 Å². The van der Waals surface area contributed by atoms with E-state index in [9.17, 15) is 9.59 Å². The summed E-state index contributed by atoms with van der Waals surface area (Å²) in [6.07, 6.45) is 4.75. The lowest BCUT2D eigenvalue weighted by Gasteiger charge is -2.34. The molecule has 2 amide bonds. The maximum absolute atomic E-state index is 12.6. The molecule has 0 spiro atoms. The van der Waals surface area contributed by atoms with E-state index in [4.69, 9.17) is 4.98 Å². The minimum Gasteiger partial charge on any atom is -0.350 e. The molecule has 4 rings (SSSR count). The second-order valence-corrected chi connectivity index (χ2v) is 8.63. The molecule has 1 N–H and O–H groups in total. The molecule has 3 heterocycles. The molecule has 0 aromatic carbocycles. The molecule has 1 atom stereocenters. The normalized spacial score (nSPS) is 19.0. The molecule has 0 bridgehead atoms. The Bertz CT molecular complexity index is 861. The van der Waals surface area contributed by atoms with Gasteiger partial charge in [-0.15, -0.1) is 11.3 Å². The predicted octanol–water partition coefficient (Wildman–Crippen LogP) is 2.02. The highest BCUT2D eigenvalue weighted by molar-refractivity contribution is 7.15. The summed E-state index contributed by atoms with van der Waals surface area (Å²) in [5.41, 5.74) is 2.02. The number of pyridine rings is 1. The molecule has 2 aromatic rings. The maximum Gasteiger partial charge on any atom is 0.223 e. The Hall–Kier alpha value is -2.48. The van der Waals surface area contributed by atoms with Crippen LogP contribution in [-0.4, -0.2) is 52.9 Å². The van der Waals surface area contributed by atoms with E-state index in [1.165, 1.54) is 4.88 Å². The second-order valence-electron chi connectivity index (χ2n) is 7.57. The summed E-state index contributed by atoms with van der Waals surface area (Å²) in [4.78, 5) is 39.0. The van der Waals surface area contributed by atoms with Gasteiger partial charge in [0.25, 0.3) is 0 Å². The van der Waals surface area contributed by atoms with Crippen LogP contribution in [0.25, 0.3) is 0 Å². The van der Waals surface area contributed by atoms with Gasteiger partial charge in [0.15, 0.2) is 5.13 Å². The number of nitrogens with one attached hydrogen (secondary N) is 1. The first-order valence-corrected chi connectivity index (χ1v) is 11.1. The van der Waals surface area contributed by atoms with Crippen molar-refractivity contribution in [1.29, 1.82) is 0 Å².